The van der Waals surface area contributed by atoms with Crippen LogP contribution in [0.3, 0.4) is 0 Å². The second kappa shape index (κ2) is 7.82. The van der Waals surface area contributed by atoms with E-state index in [-0.39, 0.29) is 17.5 Å². The molecule has 0 aliphatic rings. The van der Waals surface area contributed by atoms with Crippen molar-refractivity contribution < 1.29 is 9.59 Å². The van der Waals surface area contributed by atoms with Gasteiger partial charge in [0.25, 0.3) is 0 Å². The third kappa shape index (κ3) is 4.25. The zero-order chi connectivity index (χ0) is 17.7. The second-order valence-electron chi connectivity index (χ2n) is 4.92. The molecule has 2 rings (SSSR count). The highest BCUT2D eigenvalue weighted by Gasteiger charge is 2.17. The Kier molecular flexibility index (Phi) is 5.80. The van der Waals surface area contributed by atoms with Crippen LogP contribution in [0.25, 0.3) is 0 Å². The summed E-state index contributed by atoms with van der Waals surface area (Å²) >= 11 is 11.9. The zero-order valence-corrected chi connectivity index (χ0v) is 14.2. The molecule has 24 heavy (non-hydrogen) atoms. The van der Waals surface area contributed by atoms with Gasteiger partial charge < -0.3 is 10.2 Å². The van der Waals surface area contributed by atoms with Gasteiger partial charge in [0, 0.05) is 12.6 Å². The number of halogens is 2. The molecule has 0 atom stereocenters. The number of carbonyl (C=O) groups is 2. The number of benzene rings is 2. The van der Waals surface area contributed by atoms with E-state index < -0.39 is 5.91 Å². The lowest BCUT2D eigenvalue weighted by atomic mass is 10.2. The third-order valence-electron chi connectivity index (χ3n) is 3.19. The van der Waals surface area contributed by atoms with Gasteiger partial charge >= 0.3 is 0 Å². The van der Waals surface area contributed by atoms with Crippen LogP contribution in [-0.2, 0) is 9.59 Å². The summed E-state index contributed by atoms with van der Waals surface area (Å²) in [6.45, 7) is 1.13. The van der Waals surface area contributed by atoms with Crippen molar-refractivity contribution in [3.8, 4) is 6.07 Å². The molecule has 0 fully saturated rings. The van der Waals surface area contributed by atoms with E-state index in [9.17, 15) is 9.59 Å². The van der Waals surface area contributed by atoms with Crippen LogP contribution in [0.15, 0.2) is 42.5 Å². The molecule has 0 heterocycles. The van der Waals surface area contributed by atoms with Crippen LogP contribution in [0, 0.1) is 11.3 Å². The highest BCUT2D eigenvalue weighted by atomic mass is 35.5. The topological polar surface area (TPSA) is 73.2 Å². The van der Waals surface area contributed by atoms with Crippen LogP contribution in [0.5, 0.6) is 0 Å². The molecule has 0 radical (unpaired) electrons. The molecule has 0 unspecified atom stereocenters. The van der Waals surface area contributed by atoms with E-state index >= 15 is 0 Å². The van der Waals surface area contributed by atoms with Crippen LogP contribution < -0.4 is 10.2 Å². The number of nitrogens with zero attached hydrogens (tertiary/aromatic N) is 2. The van der Waals surface area contributed by atoms with Crippen molar-refractivity contribution in [2.24, 2.45) is 0 Å². The molecular formula is C17H13Cl2N3O2. The number of anilines is 2. The summed E-state index contributed by atoms with van der Waals surface area (Å²) in [5.41, 5.74) is 1.23. The summed E-state index contributed by atoms with van der Waals surface area (Å²) in [7, 11) is 0. The van der Waals surface area contributed by atoms with E-state index in [4.69, 9.17) is 28.5 Å². The minimum absolute atomic E-state index is 0.215. The van der Waals surface area contributed by atoms with Crippen molar-refractivity contribution in [1.29, 1.82) is 5.26 Å². The molecule has 2 amide bonds. The van der Waals surface area contributed by atoms with E-state index in [1.807, 2.05) is 6.07 Å². The maximum atomic E-state index is 12.2. The number of nitriles is 1. The standard InChI is InChI=1S/C17H13Cl2N3O2/c1-11(23)22(13-5-2-4-12(8-13)9-20)10-16(24)21-15-7-3-6-14(18)17(15)19/h2-8H,10H2,1H3,(H,21,24). The largest absolute Gasteiger partial charge is 0.323 e. The fourth-order valence-corrected chi connectivity index (χ4v) is 2.41. The molecule has 0 saturated heterocycles. The number of amides is 2. The van der Waals surface area contributed by atoms with E-state index in [1.165, 1.54) is 11.8 Å². The first-order valence-electron chi connectivity index (χ1n) is 6.94. The van der Waals surface area contributed by atoms with E-state index in [0.29, 0.717) is 22.0 Å². The first-order chi connectivity index (χ1) is 11.4. The molecule has 0 aliphatic heterocycles. The minimum atomic E-state index is -0.434. The van der Waals surface area contributed by atoms with E-state index in [2.05, 4.69) is 5.32 Å². The fourth-order valence-electron chi connectivity index (χ4n) is 2.06. The smallest absolute Gasteiger partial charge is 0.244 e. The highest BCUT2D eigenvalue weighted by molar-refractivity contribution is 6.44. The van der Waals surface area contributed by atoms with Crippen LogP contribution >= 0.6 is 23.2 Å². The third-order valence-corrected chi connectivity index (χ3v) is 4.01. The van der Waals surface area contributed by atoms with Gasteiger partial charge in [-0.3, -0.25) is 9.59 Å². The summed E-state index contributed by atoms with van der Waals surface area (Å²) in [5.74, 6) is -0.755. The molecule has 0 bridgehead atoms. The van der Waals surface area contributed by atoms with Crippen molar-refractivity contribution in [1.82, 2.24) is 0 Å². The molecule has 5 nitrogen and oxygen atoms in total. The van der Waals surface area contributed by atoms with Crippen molar-refractivity contribution in [2.75, 3.05) is 16.8 Å². The lowest BCUT2D eigenvalue weighted by Crippen LogP contribution is -2.36. The van der Waals surface area contributed by atoms with Gasteiger partial charge in [-0.25, -0.2) is 0 Å². The normalized spacial score (nSPS) is 9.92. The SMILES string of the molecule is CC(=O)N(CC(=O)Nc1cccc(Cl)c1Cl)c1cccc(C#N)c1. The Morgan fingerprint density at radius 1 is 1.21 bits per heavy atom. The van der Waals surface area contributed by atoms with Crippen LogP contribution in [0.2, 0.25) is 10.0 Å². The molecule has 2 aromatic carbocycles. The predicted molar refractivity (Wildman–Crippen MR) is 94.3 cm³/mol. The summed E-state index contributed by atoms with van der Waals surface area (Å²) in [4.78, 5) is 25.4. The van der Waals surface area contributed by atoms with Gasteiger partial charge in [-0.05, 0) is 30.3 Å². The van der Waals surface area contributed by atoms with Gasteiger partial charge in [0.15, 0.2) is 0 Å². The maximum Gasteiger partial charge on any atom is 0.244 e. The quantitative estimate of drug-likeness (QED) is 0.898. The average Bonchev–Trinajstić information content (AvgIpc) is 2.56. The van der Waals surface area contributed by atoms with Crippen LogP contribution in [-0.4, -0.2) is 18.4 Å². The first kappa shape index (κ1) is 17.8. The highest BCUT2D eigenvalue weighted by Crippen LogP contribution is 2.29. The summed E-state index contributed by atoms with van der Waals surface area (Å²) in [5, 5.41) is 12.1. The Balaban J connectivity index is 2.19. The van der Waals surface area contributed by atoms with Crippen molar-refractivity contribution in [2.45, 2.75) is 6.92 Å². The molecule has 7 heteroatoms. The first-order valence-corrected chi connectivity index (χ1v) is 7.70. The van der Waals surface area contributed by atoms with Gasteiger partial charge in [-0.2, -0.15) is 5.26 Å². The number of carbonyl (C=O) groups excluding carboxylic acids is 2. The number of nitrogens with one attached hydrogen (secondary N) is 1. The lowest BCUT2D eigenvalue weighted by Gasteiger charge is -2.21. The Hall–Kier alpha value is -2.55. The minimum Gasteiger partial charge on any atom is -0.323 e. The Labute approximate surface area is 149 Å². The molecule has 2 aromatic rings. The molecule has 1 N–H and O–H groups in total. The summed E-state index contributed by atoms with van der Waals surface area (Å²) in [6, 6.07) is 13.3. The van der Waals surface area contributed by atoms with E-state index in [0.717, 1.165) is 0 Å². The molecule has 0 aromatic heterocycles. The predicted octanol–water partition coefficient (Wildman–Crippen LogP) is 3.86. The molecule has 122 valence electrons. The van der Waals surface area contributed by atoms with Crippen molar-refractivity contribution in [3.05, 3.63) is 58.1 Å². The second-order valence-corrected chi connectivity index (χ2v) is 5.70. The van der Waals surface area contributed by atoms with Crippen molar-refractivity contribution in [3.63, 3.8) is 0 Å². The van der Waals surface area contributed by atoms with Crippen LogP contribution in [0.1, 0.15) is 12.5 Å². The fraction of sp³-hybridized carbons (Fsp3) is 0.118. The number of hydrogen-bond acceptors (Lipinski definition) is 3. The Morgan fingerprint density at radius 3 is 2.58 bits per heavy atom. The van der Waals surface area contributed by atoms with Gasteiger partial charge in [-0.15, -0.1) is 0 Å². The van der Waals surface area contributed by atoms with Gasteiger partial charge in [0.1, 0.15) is 6.54 Å². The van der Waals surface area contributed by atoms with Crippen LogP contribution in [0.4, 0.5) is 11.4 Å². The van der Waals surface area contributed by atoms with Gasteiger partial charge in [-0.1, -0.05) is 35.3 Å². The lowest BCUT2D eigenvalue weighted by molar-refractivity contribution is -0.120. The number of hydrogen-bond donors (Lipinski definition) is 1. The monoisotopic (exact) mass is 361 g/mol. The number of rotatable bonds is 4. The summed E-state index contributed by atoms with van der Waals surface area (Å²) < 4.78 is 0. The maximum absolute atomic E-state index is 12.2. The average molecular weight is 362 g/mol. The molecule has 0 spiro atoms. The molecular weight excluding hydrogens is 349 g/mol. The van der Waals surface area contributed by atoms with E-state index in [1.54, 1.807) is 42.5 Å². The Bertz CT molecular complexity index is 831. The van der Waals surface area contributed by atoms with Gasteiger partial charge in [0.2, 0.25) is 11.8 Å². The molecule has 0 saturated carbocycles. The van der Waals surface area contributed by atoms with Gasteiger partial charge in [0.05, 0.1) is 27.4 Å². The molecule has 0 aliphatic carbocycles. The van der Waals surface area contributed by atoms with Crippen molar-refractivity contribution >= 4 is 46.4 Å². The summed E-state index contributed by atoms with van der Waals surface area (Å²) in [6.07, 6.45) is 0. The zero-order valence-electron chi connectivity index (χ0n) is 12.7. The Morgan fingerprint density at radius 2 is 1.92 bits per heavy atom.